The van der Waals surface area contributed by atoms with Gasteiger partial charge in [-0.05, 0) is 110 Å². The summed E-state index contributed by atoms with van der Waals surface area (Å²) in [7, 11) is 0. The molecule has 0 amide bonds. The lowest BCUT2D eigenvalue weighted by Crippen LogP contribution is -2.46. The van der Waals surface area contributed by atoms with Gasteiger partial charge in [0.15, 0.2) is 0 Å². The van der Waals surface area contributed by atoms with Crippen molar-refractivity contribution in [1.29, 1.82) is 0 Å². The maximum absolute atomic E-state index is 12.1. The topological polar surface area (TPSA) is 17.1 Å². The molecule has 2 spiro atoms. The molecular formula is C24H36O. The quantitative estimate of drug-likeness (QED) is 0.534. The molecule has 6 fully saturated rings. The molecule has 6 aliphatic rings. The van der Waals surface area contributed by atoms with E-state index < -0.39 is 0 Å². The third-order valence-electron chi connectivity index (χ3n) is 11.4. The Bertz CT molecular complexity index is 622. The van der Waals surface area contributed by atoms with Gasteiger partial charge < -0.3 is 4.79 Å². The third-order valence-corrected chi connectivity index (χ3v) is 11.4. The lowest BCUT2D eigenvalue weighted by atomic mass is 9.53. The summed E-state index contributed by atoms with van der Waals surface area (Å²) < 4.78 is 0. The molecule has 0 radical (unpaired) electrons. The Kier molecular flexibility index (Phi) is 2.86. The first-order chi connectivity index (χ1) is 12.0. The van der Waals surface area contributed by atoms with E-state index >= 15 is 0 Å². The van der Waals surface area contributed by atoms with Crippen molar-refractivity contribution in [1.82, 2.24) is 0 Å². The molecule has 138 valence electrons. The average molecular weight is 341 g/mol. The minimum Gasteiger partial charge on any atom is -0.303 e. The fourth-order valence-corrected chi connectivity index (χ4v) is 10.9. The van der Waals surface area contributed by atoms with Crippen LogP contribution in [0.15, 0.2) is 0 Å². The highest BCUT2D eigenvalue weighted by Crippen LogP contribution is 2.91. The Hall–Kier alpha value is -0.330. The van der Waals surface area contributed by atoms with Crippen LogP contribution < -0.4 is 0 Å². The van der Waals surface area contributed by atoms with Gasteiger partial charge in [-0.15, -0.1) is 0 Å². The fraction of sp³-hybridized carbons (Fsp3) is 0.958. The molecule has 0 aromatic carbocycles. The number of aldehydes is 1. The van der Waals surface area contributed by atoms with Crippen LogP contribution in [0.2, 0.25) is 0 Å². The largest absolute Gasteiger partial charge is 0.303 e. The van der Waals surface area contributed by atoms with Crippen molar-refractivity contribution in [3.05, 3.63) is 0 Å². The summed E-state index contributed by atoms with van der Waals surface area (Å²) in [5, 5.41) is 0. The van der Waals surface area contributed by atoms with Gasteiger partial charge in [0.05, 0.1) is 0 Å². The van der Waals surface area contributed by atoms with Crippen LogP contribution >= 0.6 is 0 Å². The van der Waals surface area contributed by atoms with Crippen molar-refractivity contribution in [2.75, 3.05) is 0 Å². The molecule has 6 rings (SSSR count). The molecular weight excluding hydrogens is 304 g/mol. The molecule has 8 unspecified atom stereocenters. The minimum atomic E-state index is 0.108. The van der Waals surface area contributed by atoms with E-state index in [2.05, 4.69) is 13.8 Å². The van der Waals surface area contributed by atoms with E-state index in [1.54, 1.807) is 12.8 Å². The van der Waals surface area contributed by atoms with Crippen LogP contribution in [0.5, 0.6) is 0 Å². The van der Waals surface area contributed by atoms with E-state index in [1.807, 2.05) is 0 Å². The van der Waals surface area contributed by atoms with Gasteiger partial charge in [-0.3, -0.25) is 0 Å². The first kappa shape index (κ1) is 15.7. The van der Waals surface area contributed by atoms with Gasteiger partial charge in [0.2, 0.25) is 0 Å². The van der Waals surface area contributed by atoms with E-state index in [0.29, 0.717) is 5.41 Å². The van der Waals surface area contributed by atoms with Crippen LogP contribution in [-0.4, -0.2) is 6.29 Å². The Morgan fingerprint density at radius 2 is 1.60 bits per heavy atom. The molecule has 6 aliphatic carbocycles. The summed E-state index contributed by atoms with van der Waals surface area (Å²) in [6, 6.07) is 0. The van der Waals surface area contributed by atoms with Gasteiger partial charge in [0.25, 0.3) is 0 Å². The Balaban J connectivity index is 1.40. The average Bonchev–Trinajstić information content (AvgIpc) is 2.94. The molecule has 0 aliphatic heterocycles. The van der Waals surface area contributed by atoms with Gasteiger partial charge >= 0.3 is 0 Å². The number of hydrogen-bond acceptors (Lipinski definition) is 1. The van der Waals surface area contributed by atoms with Crippen LogP contribution in [0, 0.1) is 51.2 Å². The first-order valence-electron chi connectivity index (χ1n) is 11.5. The molecule has 1 heteroatoms. The molecule has 0 aromatic rings. The molecule has 0 bridgehead atoms. The molecule has 25 heavy (non-hydrogen) atoms. The van der Waals surface area contributed by atoms with E-state index in [1.165, 1.54) is 70.5 Å². The van der Waals surface area contributed by atoms with Crippen molar-refractivity contribution >= 4 is 6.29 Å². The van der Waals surface area contributed by atoms with Gasteiger partial charge in [-0.1, -0.05) is 26.7 Å². The summed E-state index contributed by atoms with van der Waals surface area (Å²) in [5.41, 5.74) is 2.17. The van der Waals surface area contributed by atoms with E-state index in [9.17, 15) is 4.79 Å². The van der Waals surface area contributed by atoms with Gasteiger partial charge in [-0.25, -0.2) is 0 Å². The summed E-state index contributed by atoms with van der Waals surface area (Å²) in [4.78, 5) is 12.1. The highest BCUT2D eigenvalue weighted by molar-refractivity contribution is 5.61. The van der Waals surface area contributed by atoms with Gasteiger partial charge in [-0.2, -0.15) is 0 Å². The summed E-state index contributed by atoms with van der Waals surface area (Å²) in [6.07, 6.45) is 18.5. The maximum atomic E-state index is 12.1. The number of hydrogen-bond donors (Lipinski definition) is 0. The summed E-state index contributed by atoms with van der Waals surface area (Å²) in [6.45, 7) is 5.18. The second kappa shape index (κ2) is 4.56. The molecule has 0 saturated heterocycles. The highest BCUT2D eigenvalue weighted by atomic mass is 16.1. The zero-order valence-electron chi connectivity index (χ0n) is 16.4. The molecule has 0 aromatic heterocycles. The lowest BCUT2D eigenvalue weighted by Gasteiger charge is -2.51. The van der Waals surface area contributed by atoms with Crippen molar-refractivity contribution in [3.63, 3.8) is 0 Å². The number of fused-ring (bicyclic) bond motifs is 3. The van der Waals surface area contributed by atoms with Crippen molar-refractivity contribution < 1.29 is 4.79 Å². The monoisotopic (exact) mass is 340 g/mol. The Labute approximate surface area is 153 Å². The standard InChI is InChI=1S/C24H36O/c1-21(2)10-4-12-24-19(21)9-14-23(24)18-8-13-22(15-25)11-3-5-17(22)16(18)6-7-20(23)24/h15-20H,3-14H2,1-2H3. The van der Waals surface area contributed by atoms with E-state index in [4.69, 9.17) is 0 Å². The van der Waals surface area contributed by atoms with E-state index in [-0.39, 0.29) is 5.41 Å². The predicted octanol–water partition coefficient (Wildman–Crippen LogP) is 6.01. The molecule has 1 nitrogen and oxygen atoms in total. The highest BCUT2D eigenvalue weighted by Gasteiger charge is 2.85. The Morgan fingerprint density at radius 3 is 2.44 bits per heavy atom. The second-order valence-electron chi connectivity index (χ2n) is 11.8. The molecule has 0 N–H and O–H groups in total. The van der Waals surface area contributed by atoms with E-state index in [0.717, 1.165) is 40.4 Å². The molecule has 6 saturated carbocycles. The van der Waals surface area contributed by atoms with Gasteiger partial charge in [0, 0.05) is 5.41 Å². The number of carbonyl (C=O) groups is 1. The van der Waals surface area contributed by atoms with Crippen LogP contribution in [0.3, 0.4) is 0 Å². The zero-order valence-corrected chi connectivity index (χ0v) is 16.4. The number of carbonyl (C=O) groups excluding carboxylic acids is 1. The SMILES string of the molecule is CC1(C)CCCC23C1CCC21C2CCC4(C=O)CCCC4C2CCC13. The predicted molar refractivity (Wildman–Crippen MR) is 100.0 cm³/mol. The van der Waals surface area contributed by atoms with Crippen LogP contribution in [0.4, 0.5) is 0 Å². The zero-order chi connectivity index (χ0) is 17.1. The first-order valence-corrected chi connectivity index (χ1v) is 11.5. The molecule has 8 atom stereocenters. The minimum absolute atomic E-state index is 0.108. The smallest absolute Gasteiger partial charge is 0.126 e. The Morgan fingerprint density at radius 1 is 0.720 bits per heavy atom. The summed E-state index contributed by atoms with van der Waals surface area (Å²) in [5.74, 6) is 4.73. The van der Waals surface area contributed by atoms with Crippen LogP contribution in [0.1, 0.15) is 90.9 Å². The normalized spacial score (nSPS) is 60.6. The maximum Gasteiger partial charge on any atom is 0.126 e. The third kappa shape index (κ3) is 1.51. The molecule has 0 heterocycles. The van der Waals surface area contributed by atoms with Crippen molar-refractivity contribution in [2.45, 2.75) is 90.9 Å². The van der Waals surface area contributed by atoms with Crippen LogP contribution in [0.25, 0.3) is 0 Å². The second-order valence-corrected chi connectivity index (χ2v) is 11.8. The van der Waals surface area contributed by atoms with Crippen molar-refractivity contribution in [3.8, 4) is 0 Å². The fourth-order valence-electron chi connectivity index (χ4n) is 10.9. The van der Waals surface area contributed by atoms with Crippen molar-refractivity contribution in [2.24, 2.45) is 51.2 Å². The van der Waals surface area contributed by atoms with Gasteiger partial charge in [0.1, 0.15) is 6.29 Å². The number of rotatable bonds is 1. The van der Waals surface area contributed by atoms with Crippen LogP contribution in [-0.2, 0) is 4.79 Å². The lowest BCUT2D eigenvalue weighted by molar-refractivity contribution is -0.125. The summed E-state index contributed by atoms with van der Waals surface area (Å²) >= 11 is 0.